The fraction of sp³-hybridized carbons (Fsp3) is 0.455. The number of rotatable bonds is 8. The maximum absolute atomic E-state index is 12.6. The molecule has 0 bridgehead atoms. The van der Waals surface area contributed by atoms with E-state index >= 15 is 0 Å². The highest BCUT2D eigenvalue weighted by molar-refractivity contribution is 7.86. The van der Waals surface area contributed by atoms with Gasteiger partial charge in [0, 0.05) is 39.2 Å². The second-order valence-corrected chi connectivity index (χ2v) is 12.6. The summed E-state index contributed by atoms with van der Waals surface area (Å²) in [5, 5.41) is 0.734. The van der Waals surface area contributed by atoms with E-state index in [0.717, 1.165) is 17.3 Å². The Hall–Kier alpha value is -1.22. The topological polar surface area (TPSA) is 43.4 Å². The zero-order valence-corrected chi connectivity index (χ0v) is 18.7. The molecule has 0 aromatic heterocycles. The summed E-state index contributed by atoms with van der Waals surface area (Å²) in [6, 6.07) is 18.2. The molecule has 0 fully saturated rings. The third kappa shape index (κ3) is 6.14. The molecule has 1 unspecified atom stereocenters. The van der Waals surface area contributed by atoms with Crippen LogP contribution in [0.1, 0.15) is 51.2 Å². The summed E-state index contributed by atoms with van der Waals surface area (Å²) < 4.78 is 30.4. The van der Waals surface area contributed by atoms with Crippen LogP contribution in [0.4, 0.5) is 0 Å². The van der Waals surface area contributed by atoms with Crippen molar-refractivity contribution in [1.82, 2.24) is 0 Å². The van der Waals surface area contributed by atoms with Crippen molar-refractivity contribution in [3.05, 3.63) is 65.7 Å². The fourth-order valence-corrected chi connectivity index (χ4v) is 5.44. The molecule has 5 heteroatoms. The molecule has 3 nitrogen and oxygen atoms in total. The van der Waals surface area contributed by atoms with Gasteiger partial charge in [0.2, 0.25) is 7.37 Å². The van der Waals surface area contributed by atoms with Crippen molar-refractivity contribution in [2.45, 2.75) is 44.8 Å². The summed E-state index contributed by atoms with van der Waals surface area (Å²) in [5.74, 6) is 0.811. The molecule has 0 aliphatic heterocycles. The molecule has 0 spiro atoms. The smallest absolute Gasteiger partial charge is 0.229 e. The van der Waals surface area contributed by atoms with Crippen LogP contribution in [-0.4, -0.2) is 28.0 Å². The molecule has 0 radical (unpaired) electrons. The maximum Gasteiger partial charge on any atom is 0.229 e. The monoisotopic (exact) mass is 406 g/mol. The zero-order valence-electron chi connectivity index (χ0n) is 17.0. The summed E-state index contributed by atoms with van der Waals surface area (Å²) in [6.45, 7) is 9.99. The van der Waals surface area contributed by atoms with Crippen molar-refractivity contribution >= 4 is 23.5 Å². The van der Waals surface area contributed by atoms with Crippen LogP contribution in [0, 0.1) is 0 Å². The predicted molar refractivity (Wildman–Crippen MR) is 117 cm³/mol. The van der Waals surface area contributed by atoms with Gasteiger partial charge >= 0.3 is 0 Å². The Kier molecular flexibility index (Phi) is 7.62. The first-order chi connectivity index (χ1) is 12.6. The molecule has 27 heavy (non-hydrogen) atoms. The van der Waals surface area contributed by atoms with E-state index in [9.17, 15) is 8.77 Å². The van der Waals surface area contributed by atoms with Crippen molar-refractivity contribution in [2.24, 2.45) is 0 Å². The highest BCUT2D eigenvalue weighted by Crippen LogP contribution is 2.41. The molecule has 0 saturated carbocycles. The van der Waals surface area contributed by atoms with Gasteiger partial charge in [-0.25, -0.2) is 0 Å². The quantitative estimate of drug-likeness (QED) is 0.557. The molecule has 148 valence electrons. The van der Waals surface area contributed by atoms with E-state index < -0.39 is 18.2 Å². The van der Waals surface area contributed by atoms with Crippen LogP contribution < -0.4 is 5.30 Å². The number of hydrogen-bond acceptors (Lipinski definition) is 3. The first kappa shape index (κ1) is 22.1. The molecule has 0 saturated heterocycles. The van der Waals surface area contributed by atoms with Gasteiger partial charge in [0.25, 0.3) is 0 Å². The van der Waals surface area contributed by atoms with E-state index in [1.165, 1.54) is 5.56 Å². The molecular weight excluding hydrogens is 375 g/mol. The molecule has 0 heterocycles. The van der Waals surface area contributed by atoms with Crippen LogP contribution in [0.25, 0.3) is 0 Å². The van der Waals surface area contributed by atoms with Crippen LogP contribution in [0.5, 0.6) is 0 Å². The third-order valence-corrected chi connectivity index (χ3v) is 8.58. The minimum Gasteiger partial charge on any atom is -0.326 e. The lowest BCUT2D eigenvalue weighted by Gasteiger charge is -2.22. The number of hydrogen-bond donors (Lipinski definition) is 0. The Bertz CT molecular complexity index is 795. The minimum atomic E-state index is -2.77. The van der Waals surface area contributed by atoms with Gasteiger partial charge in [0.05, 0.1) is 6.61 Å². The van der Waals surface area contributed by atoms with E-state index in [1.807, 2.05) is 70.2 Å². The van der Waals surface area contributed by atoms with E-state index in [-0.39, 0.29) is 10.7 Å². The third-order valence-electron chi connectivity index (χ3n) is 4.62. The molecular formula is C22H31O3PS. The van der Waals surface area contributed by atoms with Gasteiger partial charge in [-0.1, -0.05) is 42.5 Å². The van der Waals surface area contributed by atoms with E-state index in [0.29, 0.717) is 12.4 Å². The summed E-state index contributed by atoms with van der Waals surface area (Å²) in [4.78, 5) is 0. The van der Waals surface area contributed by atoms with Gasteiger partial charge in [-0.15, -0.1) is 0 Å². The van der Waals surface area contributed by atoms with E-state index in [1.54, 1.807) is 6.66 Å². The Balaban J connectivity index is 2.28. The van der Waals surface area contributed by atoms with Gasteiger partial charge in [-0.3, -0.25) is 8.77 Å². The Labute approximate surface area is 166 Å². The van der Waals surface area contributed by atoms with Gasteiger partial charge in [-0.2, -0.15) is 0 Å². The van der Waals surface area contributed by atoms with Crippen LogP contribution in [-0.2, 0) is 19.9 Å². The van der Waals surface area contributed by atoms with Crippen LogP contribution >= 0.6 is 7.37 Å². The van der Waals surface area contributed by atoms with Crippen molar-refractivity contribution < 1.29 is 13.3 Å². The normalized spacial score (nSPS) is 16.5. The second kappa shape index (κ2) is 9.32. The molecule has 2 aromatic rings. The van der Waals surface area contributed by atoms with Gasteiger partial charge in [-0.05, 0) is 57.4 Å². The SMILES string of the molecule is CCOP(C)(=O)c1ccc([C@H](CC[S@](=O)C(C)(C)C)c2ccccc2)cc1. The molecule has 0 aliphatic carbocycles. The summed E-state index contributed by atoms with van der Waals surface area (Å²) >= 11 is 0. The summed E-state index contributed by atoms with van der Waals surface area (Å²) in [5.41, 5.74) is 2.35. The zero-order chi connectivity index (χ0) is 20.1. The Morgan fingerprint density at radius 1 is 1.00 bits per heavy atom. The van der Waals surface area contributed by atoms with Crippen molar-refractivity contribution in [3.63, 3.8) is 0 Å². The minimum absolute atomic E-state index is 0.162. The van der Waals surface area contributed by atoms with Gasteiger partial charge < -0.3 is 4.52 Å². The first-order valence-corrected chi connectivity index (χ1v) is 12.8. The summed E-state index contributed by atoms with van der Waals surface area (Å²) in [6.07, 6.45) is 0.808. The molecule has 3 atom stereocenters. The molecule has 0 aliphatic rings. The highest BCUT2D eigenvalue weighted by atomic mass is 32.2. The van der Waals surface area contributed by atoms with Crippen molar-refractivity contribution in [2.75, 3.05) is 19.0 Å². The first-order valence-electron chi connectivity index (χ1n) is 9.41. The maximum atomic E-state index is 12.6. The average molecular weight is 407 g/mol. The van der Waals surface area contributed by atoms with Gasteiger partial charge in [0.1, 0.15) is 0 Å². The van der Waals surface area contributed by atoms with E-state index in [4.69, 9.17) is 4.52 Å². The highest BCUT2D eigenvalue weighted by Gasteiger charge is 2.23. The summed E-state index contributed by atoms with van der Waals surface area (Å²) in [7, 11) is -3.66. The Morgan fingerprint density at radius 2 is 1.56 bits per heavy atom. The van der Waals surface area contributed by atoms with E-state index in [2.05, 4.69) is 12.1 Å². The average Bonchev–Trinajstić information content (AvgIpc) is 2.62. The van der Waals surface area contributed by atoms with Crippen LogP contribution in [0.2, 0.25) is 0 Å². The molecule has 0 amide bonds. The second-order valence-electron chi connectivity index (χ2n) is 7.77. The molecule has 2 rings (SSSR count). The predicted octanol–water partition coefficient (Wildman–Crippen LogP) is 5.33. The fourth-order valence-electron chi connectivity index (χ4n) is 3.04. The van der Waals surface area contributed by atoms with Gasteiger partial charge in [0.15, 0.2) is 0 Å². The standard InChI is InChI=1S/C22H31O3PS/c1-6-25-26(5,23)20-14-12-19(13-15-20)21(18-10-8-7-9-11-18)16-17-27(24)22(2,3)4/h7-15,21H,6,16-17H2,1-5H3/t21-,26?,27+/m1/s1. The van der Waals surface area contributed by atoms with Crippen LogP contribution in [0.15, 0.2) is 54.6 Å². The Morgan fingerprint density at radius 3 is 2.07 bits per heavy atom. The number of benzene rings is 2. The lowest BCUT2D eigenvalue weighted by Crippen LogP contribution is -2.25. The molecule has 0 N–H and O–H groups in total. The molecule has 2 aromatic carbocycles. The van der Waals surface area contributed by atoms with Crippen molar-refractivity contribution in [1.29, 1.82) is 0 Å². The lowest BCUT2D eigenvalue weighted by atomic mass is 9.89. The lowest BCUT2D eigenvalue weighted by molar-refractivity contribution is 0.345. The van der Waals surface area contributed by atoms with Crippen LogP contribution in [0.3, 0.4) is 0 Å². The van der Waals surface area contributed by atoms with Crippen molar-refractivity contribution in [3.8, 4) is 0 Å². The largest absolute Gasteiger partial charge is 0.326 e.